The highest BCUT2D eigenvalue weighted by Crippen LogP contribution is 2.24. The maximum atomic E-state index is 12.6. The van der Waals surface area contributed by atoms with Crippen molar-refractivity contribution >= 4 is 27.1 Å². The molecule has 0 spiro atoms. The summed E-state index contributed by atoms with van der Waals surface area (Å²) in [5, 5.41) is 13.2. The second-order valence-corrected chi connectivity index (χ2v) is 7.16. The fraction of sp³-hybridized carbons (Fsp3) is 0. The van der Waals surface area contributed by atoms with E-state index >= 15 is 0 Å². The molecule has 0 bridgehead atoms. The highest BCUT2D eigenvalue weighted by molar-refractivity contribution is 7.91. The van der Waals surface area contributed by atoms with Crippen molar-refractivity contribution in [1.29, 1.82) is 0 Å². The first-order valence-electron chi connectivity index (χ1n) is 7.32. The molecule has 0 unspecified atom stereocenters. The Kier molecular flexibility index (Phi) is 4.55. The van der Waals surface area contributed by atoms with Crippen LogP contribution in [0, 0.1) is 10.1 Å². The van der Waals surface area contributed by atoms with Gasteiger partial charge in [0.1, 0.15) is 0 Å². The Hall–Kier alpha value is -3.46. The fourth-order valence-corrected chi connectivity index (χ4v) is 3.46. The third kappa shape index (κ3) is 3.47. The van der Waals surface area contributed by atoms with Gasteiger partial charge >= 0.3 is 0 Å². The molecular weight excluding hydrogens is 360 g/mol. The summed E-state index contributed by atoms with van der Waals surface area (Å²) in [5.74, 6) is -0.325. The van der Waals surface area contributed by atoms with Crippen LogP contribution in [-0.2, 0) is 9.84 Å². The third-order valence-corrected chi connectivity index (χ3v) is 5.31. The van der Waals surface area contributed by atoms with Crippen molar-refractivity contribution in [1.82, 2.24) is 0 Å². The summed E-state index contributed by atoms with van der Waals surface area (Å²) in [6.07, 6.45) is 1.37. The molecule has 132 valence electrons. The molecule has 0 saturated heterocycles. The van der Waals surface area contributed by atoms with Crippen molar-refractivity contribution in [2.75, 3.05) is 5.32 Å². The molecule has 0 fully saturated rings. The Balaban J connectivity index is 1.80. The number of nitro benzene ring substituents is 1. The molecule has 26 heavy (non-hydrogen) atoms. The molecule has 3 aromatic rings. The maximum Gasteiger partial charge on any atom is 0.291 e. The van der Waals surface area contributed by atoms with Gasteiger partial charge in [-0.3, -0.25) is 14.9 Å². The zero-order valence-electron chi connectivity index (χ0n) is 13.2. The molecule has 1 heterocycles. The van der Waals surface area contributed by atoms with Crippen molar-refractivity contribution in [2.24, 2.45) is 0 Å². The van der Waals surface area contributed by atoms with E-state index in [4.69, 9.17) is 4.42 Å². The van der Waals surface area contributed by atoms with Gasteiger partial charge in [-0.25, -0.2) is 8.42 Å². The Labute approximate surface area is 148 Å². The maximum absolute atomic E-state index is 12.6. The molecule has 0 atom stereocenters. The van der Waals surface area contributed by atoms with Gasteiger partial charge in [-0.2, -0.15) is 0 Å². The van der Waals surface area contributed by atoms with Gasteiger partial charge in [0.2, 0.25) is 9.84 Å². The van der Waals surface area contributed by atoms with Crippen molar-refractivity contribution < 1.29 is 22.6 Å². The minimum Gasteiger partial charge on any atom is -0.459 e. The molecular formula is C17H12N2O6S. The first kappa shape index (κ1) is 17.4. The molecule has 9 heteroatoms. The number of sulfone groups is 1. The number of nitrogens with one attached hydrogen (secondary N) is 1. The molecule has 8 nitrogen and oxygen atoms in total. The van der Waals surface area contributed by atoms with Gasteiger partial charge in [0.15, 0.2) is 5.76 Å². The van der Waals surface area contributed by atoms with Gasteiger partial charge in [0.05, 0.1) is 21.0 Å². The SMILES string of the molecule is O=C(Nc1ccc(S(=O)(=O)c2ccc([N+](=O)[O-])cc2)cc1)c1ccco1. The number of carbonyl (C=O) groups excluding carboxylic acids is 1. The quantitative estimate of drug-likeness (QED) is 0.542. The van der Waals surface area contributed by atoms with E-state index in [1.165, 1.54) is 48.7 Å². The van der Waals surface area contributed by atoms with Gasteiger partial charge in [-0.15, -0.1) is 0 Å². The van der Waals surface area contributed by atoms with Crippen LogP contribution in [0.25, 0.3) is 0 Å². The summed E-state index contributed by atoms with van der Waals surface area (Å²) in [4.78, 5) is 21.9. The van der Waals surface area contributed by atoms with Crippen molar-refractivity contribution in [3.8, 4) is 0 Å². The standard InChI is InChI=1S/C17H12N2O6S/c20-17(16-2-1-11-25-16)18-12-3-7-14(8-4-12)26(23,24)15-9-5-13(6-10-15)19(21)22/h1-11H,(H,18,20). The van der Waals surface area contributed by atoms with Crippen LogP contribution in [0.2, 0.25) is 0 Å². The number of rotatable bonds is 5. The Morgan fingerprint density at radius 1 is 0.962 bits per heavy atom. The minimum atomic E-state index is -3.82. The number of nitrogens with zero attached hydrogens (tertiary/aromatic N) is 1. The van der Waals surface area contributed by atoms with Crippen molar-refractivity contribution in [3.05, 3.63) is 82.8 Å². The first-order chi connectivity index (χ1) is 12.4. The number of non-ortho nitro benzene ring substituents is 1. The smallest absolute Gasteiger partial charge is 0.291 e. The van der Waals surface area contributed by atoms with E-state index < -0.39 is 20.7 Å². The number of amides is 1. The third-order valence-electron chi connectivity index (χ3n) is 3.53. The predicted molar refractivity (Wildman–Crippen MR) is 91.7 cm³/mol. The van der Waals surface area contributed by atoms with E-state index in [0.29, 0.717) is 5.69 Å². The zero-order chi connectivity index (χ0) is 18.7. The average molecular weight is 372 g/mol. The number of anilines is 1. The van der Waals surface area contributed by atoms with Crippen molar-refractivity contribution in [3.63, 3.8) is 0 Å². The van der Waals surface area contributed by atoms with E-state index in [1.54, 1.807) is 6.07 Å². The van der Waals surface area contributed by atoms with Gasteiger partial charge in [-0.1, -0.05) is 0 Å². The lowest BCUT2D eigenvalue weighted by Gasteiger charge is -2.07. The monoisotopic (exact) mass is 372 g/mol. The van der Waals surface area contributed by atoms with E-state index in [-0.39, 0.29) is 21.2 Å². The Morgan fingerprint density at radius 3 is 2.04 bits per heavy atom. The lowest BCUT2D eigenvalue weighted by molar-refractivity contribution is -0.384. The predicted octanol–water partition coefficient (Wildman–Crippen LogP) is 3.27. The minimum absolute atomic E-state index is 0.00218. The molecule has 0 aliphatic heterocycles. The van der Waals surface area contributed by atoms with Crippen LogP contribution in [-0.4, -0.2) is 19.2 Å². The Bertz CT molecular complexity index is 1040. The van der Waals surface area contributed by atoms with Crippen LogP contribution in [0.3, 0.4) is 0 Å². The van der Waals surface area contributed by atoms with Crippen molar-refractivity contribution in [2.45, 2.75) is 9.79 Å². The second kappa shape index (κ2) is 6.81. The number of nitro groups is 1. The van der Waals surface area contributed by atoms with Crippen LogP contribution < -0.4 is 5.32 Å². The highest BCUT2D eigenvalue weighted by atomic mass is 32.2. The summed E-state index contributed by atoms with van der Waals surface area (Å²) >= 11 is 0. The van der Waals surface area contributed by atoms with Crippen LogP contribution in [0.15, 0.2) is 81.1 Å². The highest BCUT2D eigenvalue weighted by Gasteiger charge is 2.19. The molecule has 1 N–H and O–H groups in total. The average Bonchev–Trinajstić information content (AvgIpc) is 3.17. The van der Waals surface area contributed by atoms with Gasteiger partial charge < -0.3 is 9.73 Å². The van der Waals surface area contributed by atoms with E-state index in [9.17, 15) is 23.3 Å². The summed E-state index contributed by atoms with van der Waals surface area (Å²) in [7, 11) is -3.82. The summed E-state index contributed by atoms with van der Waals surface area (Å²) in [6, 6.07) is 13.3. The number of furan rings is 1. The lowest BCUT2D eigenvalue weighted by atomic mass is 10.3. The molecule has 0 saturated carbocycles. The lowest BCUT2D eigenvalue weighted by Crippen LogP contribution is -2.11. The molecule has 3 rings (SSSR count). The topological polar surface area (TPSA) is 120 Å². The molecule has 0 radical (unpaired) electrons. The van der Waals surface area contributed by atoms with Gasteiger partial charge in [0, 0.05) is 17.8 Å². The second-order valence-electron chi connectivity index (χ2n) is 5.21. The van der Waals surface area contributed by atoms with Crippen LogP contribution in [0.4, 0.5) is 11.4 Å². The molecule has 0 aliphatic rings. The first-order valence-corrected chi connectivity index (χ1v) is 8.81. The molecule has 1 amide bonds. The number of hydrogen-bond acceptors (Lipinski definition) is 6. The summed E-state index contributed by atoms with van der Waals surface area (Å²) < 4.78 is 30.1. The zero-order valence-corrected chi connectivity index (χ0v) is 14.0. The molecule has 0 aliphatic carbocycles. The van der Waals surface area contributed by atoms with Crippen LogP contribution in [0.5, 0.6) is 0 Å². The Morgan fingerprint density at radius 2 is 1.54 bits per heavy atom. The van der Waals surface area contributed by atoms with E-state index in [0.717, 1.165) is 12.1 Å². The molecule has 1 aromatic heterocycles. The van der Waals surface area contributed by atoms with Gasteiger partial charge in [0.25, 0.3) is 11.6 Å². The van der Waals surface area contributed by atoms with Gasteiger partial charge in [-0.05, 0) is 48.5 Å². The molecule has 2 aromatic carbocycles. The van der Waals surface area contributed by atoms with Crippen LogP contribution >= 0.6 is 0 Å². The van der Waals surface area contributed by atoms with E-state index in [2.05, 4.69) is 5.32 Å². The fourth-order valence-electron chi connectivity index (χ4n) is 2.20. The summed E-state index contributed by atoms with van der Waals surface area (Å²) in [5.41, 5.74) is 0.203. The number of benzene rings is 2. The summed E-state index contributed by atoms with van der Waals surface area (Å²) in [6.45, 7) is 0. The number of hydrogen-bond donors (Lipinski definition) is 1. The largest absolute Gasteiger partial charge is 0.459 e. The normalized spacial score (nSPS) is 11.1. The van der Waals surface area contributed by atoms with E-state index in [1.807, 2.05) is 0 Å². The number of carbonyl (C=O) groups is 1. The van der Waals surface area contributed by atoms with Crippen LogP contribution in [0.1, 0.15) is 10.6 Å².